The highest BCUT2D eigenvalue weighted by molar-refractivity contribution is 5.69. The number of nitrogens with two attached hydrogens (primary N) is 1. The third-order valence-electron chi connectivity index (χ3n) is 2.98. The van der Waals surface area contributed by atoms with Gasteiger partial charge in [-0.2, -0.15) is 10.2 Å². The molecule has 0 amide bonds. The first-order valence-corrected chi connectivity index (χ1v) is 5.45. The van der Waals surface area contributed by atoms with E-state index in [1.165, 1.54) is 10.7 Å². The van der Waals surface area contributed by atoms with Crippen LogP contribution in [0.2, 0.25) is 0 Å². The average molecular weight is 229 g/mol. The molecular weight excluding hydrogens is 218 g/mol. The Bertz CT molecular complexity index is 603. The Morgan fingerprint density at radius 2 is 2.12 bits per heavy atom. The Morgan fingerprint density at radius 3 is 2.82 bits per heavy atom. The largest absolute Gasteiger partial charge is 0.369 e. The van der Waals surface area contributed by atoms with E-state index in [4.69, 9.17) is 5.73 Å². The number of anilines is 2. The van der Waals surface area contributed by atoms with Gasteiger partial charge in [0.05, 0.1) is 0 Å². The zero-order valence-electron chi connectivity index (χ0n) is 9.17. The number of rotatable bonds is 1. The van der Waals surface area contributed by atoms with E-state index < -0.39 is 0 Å². The topological polar surface area (TPSA) is 96.1 Å². The summed E-state index contributed by atoms with van der Waals surface area (Å²) in [5.41, 5.74) is 6.75. The van der Waals surface area contributed by atoms with E-state index >= 15 is 0 Å². The minimum absolute atomic E-state index is 0.311. The molecule has 1 fully saturated rings. The number of nitrogen functional groups attached to an aromatic ring is 1. The quantitative estimate of drug-likeness (QED) is 0.749. The fourth-order valence-corrected chi connectivity index (χ4v) is 2.15. The average Bonchev–Trinajstić information content (AvgIpc) is 3.00. The molecule has 3 heterocycles. The van der Waals surface area contributed by atoms with Gasteiger partial charge in [-0.3, -0.25) is 4.40 Å². The fraction of sp³-hybridized carbons (Fsp3) is 0.400. The predicted octanol–water partition coefficient (Wildman–Crippen LogP) is 0.178. The van der Waals surface area contributed by atoms with Crippen LogP contribution in [0.5, 0.6) is 0 Å². The summed E-state index contributed by atoms with van der Waals surface area (Å²) in [7, 11) is 0. The number of nitriles is 1. The van der Waals surface area contributed by atoms with Crippen molar-refractivity contribution in [2.75, 3.05) is 23.7 Å². The first-order valence-electron chi connectivity index (χ1n) is 5.45. The van der Waals surface area contributed by atoms with Crippen LogP contribution in [0.4, 0.5) is 11.8 Å². The highest BCUT2D eigenvalue weighted by Crippen LogP contribution is 2.25. The Balaban J connectivity index is 2.26. The van der Waals surface area contributed by atoms with E-state index in [1.54, 1.807) is 0 Å². The second-order valence-corrected chi connectivity index (χ2v) is 4.00. The van der Waals surface area contributed by atoms with Crippen LogP contribution in [-0.4, -0.2) is 32.7 Å². The summed E-state index contributed by atoms with van der Waals surface area (Å²) in [4.78, 5) is 6.36. The zero-order valence-corrected chi connectivity index (χ0v) is 9.17. The molecule has 7 heteroatoms. The van der Waals surface area contributed by atoms with E-state index in [0.717, 1.165) is 25.9 Å². The Hall–Kier alpha value is -2.36. The maximum absolute atomic E-state index is 9.25. The third-order valence-corrected chi connectivity index (χ3v) is 2.98. The maximum atomic E-state index is 9.25. The van der Waals surface area contributed by atoms with E-state index in [1.807, 2.05) is 0 Å². The van der Waals surface area contributed by atoms with Crippen LogP contribution >= 0.6 is 0 Å². The Morgan fingerprint density at radius 1 is 1.35 bits per heavy atom. The molecule has 0 unspecified atom stereocenters. The van der Waals surface area contributed by atoms with Crippen molar-refractivity contribution in [3.8, 4) is 6.07 Å². The van der Waals surface area contributed by atoms with E-state index in [-0.39, 0.29) is 0 Å². The van der Waals surface area contributed by atoms with Crippen LogP contribution in [0.1, 0.15) is 18.4 Å². The van der Waals surface area contributed by atoms with Gasteiger partial charge in [-0.15, -0.1) is 10.2 Å². The van der Waals surface area contributed by atoms with Crippen LogP contribution in [0.3, 0.4) is 0 Å². The minimum Gasteiger partial charge on any atom is -0.369 e. The molecule has 2 aromatic heterocycles. The van der Waals surface area contributed by atoms with Crippen LogP contribution in [0.15, 0.2) is 6.33 Å². The van der Waals surface area contributed by atoms with Crippen molar-refractivity contribution in [2.45, 2.75) is 12.8 Å². The van der Waals surface area contributed by atoms with Crippen molar-refractivity contribution in [3.63, 3.8) is 0 Å². The monoisotopic (exact) mass is 229 g/mol. The molecule has 0 aromatic carbocycles. The molecule has 0 atom stereocenters. The second kappa shape index (κ2) is 3.59. The molecule has 0 aliphatic carbocycles. The van der Waals surface area contributed by atoms with Crippen LogP contribution in [0.25, 0.3) is 5.65 Å². The normalized spacial score (nSPS) is 15.4. The van der Waals surface area contributed by atoms with Crippen molar-refractivity contribution in [3.05, 3.63) is 11.9 Å². The fourth-order valence-electron chi connectivity index (χ4n) is 2.15. The molecular formula is C10H11N7. The molecule has 86 valence electrons. The van der Waals surface area contributed by atoms with Crippen molar-refractivity contribution in [1.82, 2.24) is 19.6 Å². The van der Waals surface area contributed by atoms with E-state index in [0.29, 0.717) is 23.0 Å². The van der Waals surface area contributed by atoms with Gasteiger partial charge in [0.25, 0.3) is 0 Å². The van der Waals surface area contributed by atoms with Crippen molar-refractivity contribution in [2.24, 2.45) is 0 Å². The first kappa shape index (κ1) is 9.84. The summed E-state index contributed by atoms with van der Waals surface area (Å²) >= 11 is 0. The number of hydrogen-bond acceptors (Lipinski definition) is 6. The minimum atomic E-state index is 0.311. The van der Waals surface area contributed by atoms with Crippen LogP contribution in [-0.2, 0) is 0 Å². The molecule has 17 heavy (non-hydrogen) atoms. The lowest BCUT2D eigenvalue weighted by atomic mass is 10.3. The van der Waals surface area contributed by atoms with Crippen LogP contribution < -0.4 is 10.6 Å². The molecule has 0 saturated carbocycles. The van der Waals surface area contributed by atoms with E-state index in [2.05, 4.69) is 26.2 Å². The molecule has 7 nitrogen and oxygen atoms in total. The molecule has 2 aromatic rings. The van der Waals surface area contributed by atoms with Crippen LogP contribution in [0, 0.1) is 11.3 Å². The summed E-state index contributed by atoms with van der Waals surface area (Å²) < 4.78 is 1.53. The molecule has 1 saturated heterocycles. The molecule has 1 aliphatic heterocycles. The standard InChI is InChI=1S/C10H11N7/c11-5-7-8(16-3-1-2-4-16)14-10(12)17-6-13-15-9(7)17/h6H,1-4H2,(H2,12,14). The summed E-state index contributed by atoms with van der Waals surface area (Å²) in [5, 5.41) is 16.9. The smallest absolute Gasteiger partial charge is 0.209 e. The second-order valence-electron chi connectivity index (χ2n) is 4.00. The lowest BCUT2D eigenvalue weighted by Gasteiger charge is -2.18. The van der Waals surface area contributed by atoms with Crippen molar-refractivity contribution in [1.29, 1.82) is 5.26 Å². The maximum Gasteiger partial charge on any atom is 0.209 e. The van der Waals surface area contributed by atoms with Gasteiger partial charge in [0.2, 0.25) is 5.95 Å². The molecule has 0 spiro atoms. The van der Waals surface area contributed by atoms with Gasteiger partial charge < -0.3 is 10.6 Å². The highest BCUT2D eigenvalue weighted by Gasteiger charge is 2.21. The highest BCUT2D eigenvalue weighted by atomic mass is 15.3. The molecule has 3 rings (SSSR count). The van der Waals surface area contributed by atoms with Gasteiger partial charge in [-0.25, -0.2) is 0 Å². The van der Waals surface area contributed by atoms with E-state index in [9.17, 15) is 5.26 Å². The summed E-state index contributed by atoms with van der Waals surface area (Å²) in [6, 6.07) is 2.15. The molecule has 0 radical (unpaired) electrons. The molecule has 2 N–H and O–H groups in total. The molecule has 0 bridgehead atoms. The lowest BCUT2D eigenvalue weighted by Crippen LogP contribution is -2.21. The van der Waals surface area contributed by atoms with Gasteiger partial charge in [-0.1, -0.05) is 0 Å². The van der Waals surface area contributed by atoms with Gasteiger partial charge >= 0.3 is 0 Å². The lowest BCUT2D eigenvalue weighted by molar-refractivity contribution is 0.923. The van der Waals surface area contributed by atoms with Crippen molar-refractivity contribution >= 4 is 17.4 Å². The molecule has 1 aliphatic rings. The Labute approximate surface area is 97.5 Å². The Kier molecular flexibility index (Phi) is 2.08. The predicted molar refractivity (Wildman–Crippen MR) is 61.4 cm³/mol. The summed E-state index contributed by atoms with van der Waals surface area (Å²) in [5.74, 6) is 0.939. The number of aromatic nitrogens is 4. The first-order chi connectivity index (χ1) is 8.31. The van der Waals surface area contributed by atoms with Gasteiger partial charge in [0.15, 0.2) is 11.5 Å². The number of nitrogens with zero attached hydrogens (tertiary/aromatic N) is 6. The van der Waals surface area contributed by atoms with Gasteiger partial charge in [-0.05, 0) is 12.8 Å². The van der Waals surface area contributed by atoms with Gasteiger partial charge in [0.1, 0.15) is 18.0 Å². The van der Waals surface area contributed by atoms with Crippen molar-refractivity contribution < 1.29 is 0 Å². The zero-order chi connectivity index (χ0) is 11.8. The number of hydrogen-bond donors (Lipinski definition) is 1. The SMILES string of the molecule is N#Cc1c(N2CCCC2)nc(N)n2cnnc12. The van der Waals surface area contributed by atoms with Gasteiger partial charge in [0, 0.05) is 13.1 Å². The number of fused-ring (bicyclic) bond motifs is 1. The summed E-state index contributed by atoms with van der Waals surface area (Å²) in [6.45, 7) is 1.82. The summed E-state index contributed by atoms with van der Waals surface area (Å²) in [6.07, 6.45) is 3.70. The third kappa shape index (κ3) is 1.38.